The van der Waals surface area contributed by atoms with Gasteiger partial charge in [0.15, 0.2) is 5.65 Å². The summed E-state index contributed by atoms with van der Waals surface area (Å²) in [7, 11) is 0. The maximum atomic E-state index is 4.12. The van der Waals surface area contributed by atoms with Crippen molar-refractivity contribution in [3.63, 3.8) is 0 Å². The topological polar surface area (TPSA) is 43.1 Å². The van der Waals surface area contributed by atoms with E-state index >= 15 is 0 Å². The maximum Gasteiger partial charge on any atom is 0.187 e. The Balaban J connectivity index is 2.53. The third-order valence-corrected chi connectivity index (χ3v) is 2.96. The predicted octanol–water partition coefficient (Wildman–Crippen LogP) is 2.58. The monoisotopic (exact) mass is 226 g/mol. The Morgan fingerprint density at radius 1 is 1.12 bits per heavy atom. The average Bonchev–Trinajstić information content (AvgIpc) is 2.75. The van der Waals surface area contributed by atoms with Gasteiger partial charge in [-0.25, -0.2) is 0 Å². The Morgan fingerprint density at radius 2 is 1.88 bits per heavy atom. The molecule has 0 amide bonds. The van der Waals surface area contributed by atoms with E-state index in [0.29, 0.717) is 0 Å². The highest BCUT2D eigenvalue weighted by Gasteiger charge is 2.20. The molecule has 0 radical (unpaired) electrons. The minimum atomic E-state index is 0.0116. The molecule has 17 heavy (non-hydrogen) atoms. The van der Waals surface area contributed by atoms with E-state index in [1.54, 1.807) is 0 Å². The number of hydrogen-bond donors (Lipinski definition) is 0. The molecular formula is C13H14N4. The molecule has 4 heteroatoms. The third kappa shape index (κ3) is 1.48. The fourth-order valence-electron chi connectivity index (χ4n) is 2.09. The molecular weight excluding hydrogens is 212 g/mol. The van der Waals surface area contributed by atoms with Crippen LogP contribution < -0.4 is 0 Å². The van der Waals surface area contributed by atoms with Crippen molar-refractivity contribution in [1.82, 2.24) is 20.0 Å². The lowest BCUT2D eigenvalue weighted by Crippen LogP contribution is -2.17. The fraction of sp³-hybridized carbons (Fsp3) is 0.308. The van der Waals surface area contributed by atoms with Gasteiger partial charge in [-0.15, -0.1) is 5.10 Å². The summed E-state index contributed by atoms with van der Waals surface area (Å²) in [5.41, 5.74) is 1.96. The second kappa shape index (κ2) is 3.26. The van der Waals surface area contributed by atoms with Crippen LogP contribution in [0.3, 0.4) is 0 Å². The maximum absolute atomic E-state index is 4.12. The summed E-state index contributed by atoms with van der Waals surface area (Å²) in [5.74, 6) is 0. The van der Waals surface area contributed by atoms with E-state index in [4.69, 9.17) is 0 Å². The Labute approximate surface area is 99.3 Å². The summed E-state index contributed by atoms with van der Waals surface area (Å²) in [6.45, 7) is 6.49. The van der Waals surface area contributed by atoms with Crippen molar-refractivity contribution in [3.8, 4) is 0 Å². The van der Waals surface area contributed by atoms with Crippen molar-refractivity contribution in [2.24, 2.45) is 0 Å². The lowest BCUT2D eigenvalue weighted by Gasteiger charge is -2.20. The van der Waals surface area contributed by atoms with Gasteiger partial charge in [0.05, 0.1) is 5.69 Å². The molecule has 0 unspecified atom stereocenters. The zero-order valence-corrected chi connectivity index (χ0v) is 10.2. The van der Waals surface area contributed by atoms with E-state index < -0.39 is 0 Å². The highest BCUT2D eigenvalue weighted by atomic mass is 15.5. The largest absolute Gasteiger partial charge is 0.196 e. The number of aromatic nitrogens is 4. The van der Waals surface area contributed by atoms with Crippen molar-refractivity contribution >= 4 is 16.4 Å². The van der Waals surface area contributed by atoms with Crippen LogP contribution in [0.2, 0.25) is 0 Å². The lowest BCUT2D eigenvalue weighted by molar-refractivity contribution is 0.545. The molecule has 0 spiro atoms. The molecule has 2 heterocycles. The number of fused-ring (bicyclic) bond motifs is 3. The Hall–Kier alpha value is -1.97. The molecule has 0 fully saturated rings. The van der Waals surface area contributed by atoms with E-state index in [0.717, 1.165) is 16.7 Å². The van der Waals surface area contributed by atoms with Crippen molar-refractivity contribution in [2.45, 2.75) is 26.2 Å². The van der Waals surface area contributed by atoms with Crippen LogP contribution in [-0.4, -0.2) is 20.0 Å². The molecule has 0 aliphatic carbocycles. The van der Waals surface area contributed by atoms with E-state index in [-0.39, 0.29) is 5.41 Å². The van der Waals surface area contributed by atoms with Crippen molar-refractivity contribution in [1.29, 1.82) is 0 Å². The van der Waals surface area contributed by atoms with E-state index in [1.807, 2.05) is 22.7 Å². The molecule has 0 aliphatic heterocycles. The highest BCUT2D eigenvalue weighted by molar-refractivity contribution is 5.94. The van der Waals surface area contributed by atoms with Gasteiger partial charge in [0, 0.05) is 10.8 Å². The van der Waals surface area contributed by atoms with E-state index in [1.165, 1.54) is 5.39 Å². The van der Waals surface area contributed by atoms with Crippen LogP contribution in [0, 0.1) is 0 Å². The summed E-state index contributed by atoms with van der Waals surface area (Å²) in [6.07, 6.45) is 0. The SMILES string of the molecule is CC(C)(C)c1cc2ccccc2c2nnnn12. The van der Waals surface area contributed by atoms with Crippen LogP contribution in [0.25, 0.3) is 16.4 Å². The molecule has 3 rings (SSSR count). The van der Waals surface area contributed by atoms with Gasteiger partial charge in [0.25, 0.3) is 0 Å². The van der Waals surface area contributed by atoms with Crippen LogP contribution >= 0.6 is 0 Å². The summed E-state index contributed by atoms with van der Waals surface area (Å²) >= 11 is 0. The van der Waals surface area contributed by atoms with Gasteiger partial charge in [-0.1, -0.05) is 45.0 Å². The first kappa shape index (κ1) is 10.2. The summed E-state index contributed by atoms with van der Waals surface area (Å²) in [5, 5.41) is 14.3. The summed E-state index contributed by atoms with van der Waals surface area (Å²) < 4.78 is 1.84. The van der Waals surface area contributed by atoms with Gasteiger partial charge >= 0.3 is 0 Å². The van der Waals surface area contributed by atoms with Gasteiger partial charge in [-0.3, -0.25) is 0 Å². The quantitative estimate of drug-likeness (QED) is 0.591. The number of hydrogen-bond acceptors (Lipinski definition) is 3. The van der Waals surface area contributed by atoms with Crippen LogP contribution in [0.4, 0.5) is 0 Å². The predicted molar refractivity (Wildman–Crippen MR) is 67.0 cm³/mol. The zero-order valence-electron chi connectivity index (χ0n) is 10.2. The van der Waals surface area contributed by atoms with Crippen LogP contribution in [0.15, 0.2) is 30.3 Å². The highest BCUT2D eigenvalue weighted by Crippen LogP contribution is 2.27. The molecule has 1 aromatic carbocycles. The Bertz CT molecular complexity index is 691. The van der Waals surface area contributed by atoms with Crippen LogP contribution in [0.1, 0.15) is 26.5 Å². The fourth-order valence-corrected chi connectivity index (χ4v) is 2.09. The third-order valence-electron chi connectivity index (χ3n) is 2.96. The van der Waals surface area contributed by atoms with Gasteiger partial charge in [-0.2, -0.15) is 4.52 Å². The average molecular weight is 226 g/mol. The van der Waals surface area contributed by atoms with Crippen LogP contribution in [0.5, 0.6) is 0 Å². The number of benzene rings is 1. The summed E-state index contributed by atoms with van der Waals surface area (Å²) in [6, 6.07) is 10.4. The van der Waals surface area contributed by atoms with Crippen LogP contribution in [-0.2, 0) is 5.41 Å². The molecule has 0 saturated carbocycles. The Kier molecular flexibility index (Phi) is 1.96. The van der Waals surface area contributed by atoms with E-state index in [9.17, 15) is 0 Å². The molecule has 3 aromatic rings. The second-order valence-corrected chi connectivity index (χ2v) is 5.28. The molecule has 0 atom stereocenters. The standard InChI is InChI=1S/C13H14N4/c1-13(2,3)11-8-9-6-4-5-7-10(9)12-14-15-16-17(11)12/h4-8H,1-3H3. The second-order valence-electron chi connectivity index (χ2n) is 5.28. The molecule has 0 aliphatic rings. The molecule has 4 nitrogen and oxygen atoms in total. The minimum Gasteiger partial charge on any atom is -0.196 e. The first-order valence-corrected chi connectivity index (χ1v) is 5.68. The number of tetrazole rings is 1. The normalized spacial score (nSPS) is 12.4. The van der Waals surface area contributed by atoms with Crippen molar-refractivity contribution < 1.29 is 0 Å². The smallest absolute Gasteiger partial charge is 0.187 e. The van der Waals surface area contributed by atoms with Gasteiger partial charge < -0.3 is 0 Å². The first-order valence-electron chi connectivity index (χ1n) is 5.68. The molecule has 0 N–H and O–H groups in total. The lowest BCUT2D eigenvalue weighted by atomic mass is 9.90. The number of pyridine rings is 1. The first-order chi connectivity index (χ1) is 8.07. The molecule has 2 aromatic heterocycles. The van der Waals surface area contributed by atoms with Gasteiger partial charge in [-0.05, 0) is 21.9 Å². The van der Waals surface area contributed by atoms with Crippen molar-refractivity contribution in [2.75, 3.05) is 0 Å². The minimum absolute atomic E-state index is 0.0116. The number of nitrogens with zero attached hydrogens (tertiary/aromatic N) is 4. The zero-order chi connectivity index (χ0) is 12.0. The summed E-state index contributed by atoms with van der Waals surface area (Å²) in [4.78, 5) is 0. The Morgan fingerprint density at radius 3 is 2.65 bits per heavy atom. The van der Waals surface area contributed by atoms with Gasteiger partial charge in [0.1, 0.15) is 0 Å². The molecule has 0 bridgehead atoms. The number of rotatable bonds is 0. The molecule has 86 valence electrons. The van der Waals surface area contributed by atoms with E-state index in [2.05, 4.69) is 48.4 Å². The van der Waals surface area contributed by atoms with Gasteiger partial charge in [0.2, 0.25) is 0 Å². The van der Waals surface area contributed by atoms with Crippen molar-refractivity contribution in [3.05, 3.63) is 36.0 Å². The molecule has 0 saturated heterocycles.